The molecule has 2 amide bonds. The van der Waals surface area contributed by atoms with E-state index in [4.69, 9.17) is 11.6 Å². The Kier molecular flexibility index (Phi) is 5.31. The van der Waals surface area contributed by atoms with Gasteiger partial charge >= 0.3 is 5.24 Å². The summed E-state index contributed by atoms with van der Waals surface area (Å²) in [5.74, 6) is -0.268. The molecule has 0 bridgehead atoms. The number of benzene rings is 1. The highest BCUT2D eigenvalue weighted by atomic mass is 35.5. The van der Waals surface area contributed by atoms with E-state index in [2.05, 4.69) is 10.2 Å². The summed E-state index contributed by atoms with van der Waals surface area (Å²) < 4.78 is 24.3. The van der Waals surface area contributed by atoms with Gasteiger partial charge in [0.2, 0.25) is 5.91 Å². The van der Waals surface area contributed by atoms with Gasteiger partial charge in [0, 0.05) is 37.2 Å². The maximum atomic E-state index is 12.2. The number of nitrogens with zero attached hydrogens (tertiary/aromatic N) is 2. The Bertz CT molecular complexity index is 754. The summed E-state index contributed by atoms with van der Waals surface area (Å²) in [5.41, 5.74) is 0. The van der Waals surface area contributed by atoms with Crippen LogP contribution in [0.25, 0.3) is 0 Å². The molecule has 1 saturated carbocycles. The summed E-state index contributed by atoms with van der Waals surface area (Å²) in [5, 5.41) is 1.41. The molecule has 0 unspecified atom stereocenters. The average Bonchev–Trinajstić information content (AvgIpc) is 3.45. The summed E-state index contributed by atoms with van der Waals surface area (Å²) in [4.78, 5) is 28.0. The molecule has 1 saturated heterocycles. The summed E-state index contributed by atoms with van der Waals surface area (Å²) in [7, 11) is -4.18. The van der Waals surface area contributed by atoms with Gasteiger partial charge in [-0.15, -0.1) is 0 Å². The zero-order valence-corrected chi connectivity index (χ0v) is 15.2. The van der Waals surface area contributed by atoms with Gasteiger partial charge in [-0.05, 0) is 37.1 Å². The van der Waals surface area contributed by atoms with Crippen molar-refractivity contribution in [2.24, 2.45) is 0 Å². The van der Waals surface area contributed by atoms with Gasteiger partial charge in [-0.3, -0.25) is 14.5 Å². The van der Waals surface area contributed by atoms with Gasteiger partial charge in [-0.2, -0.15) is 0 Å². The Morgan fingerprint density at radius 1 is 1.08 bits per heavy atom. The lowest BCUT2D eigenvalue weighted by Gasteiger charge is -2.34. The summed E-state index contributed by atoms with van der Waals surface area (Å²) >= 11 is 5.71. The number of nitrogens with one attached hydrogen (secondary N) is 1. The first-order valence-corrected chi connectivity index (χ1v) is 10.0. The maximum absolute atomic E-state index is 12.2. The predicted octanol–water partition coefficient (Wildman–Crippen LogP) is 1.13. The number of halogens is 1. The quantitative estimate of drug-likeness (QED) is 0.839. The Balaban J connectivity index is 1.51. The highest BCUT2D eigenvalue weighted by Crippen LogP contribution is 2.27. The van der Waals surface area contributed by atoms with E-state index in [1.165, 1.54) is 37.1 Å². The molecule has 1 aliphatic heterocycles. The normalized spacial score (nSPS) is 18.8. The van der Waals surface area contributed by atoms with Crippen LogP contribution < -0.4 is 5.32 Å². The summed E-state index contributed by atoms with van der Waals surface area (Å²) in [6, 6.07) is 5.98. The van der Waals surface area contributed by atoms with E-state index in [0.717, 1.165) is 13.1 Å². The Morgan fingerprint density at radius 2 is 1.68 bits per heavy atom. The zero-order chi connectivity index (χ0) is 18.0. The lowest BCUT2D eigenvalue weighted by Crippen LogP contribution is -2.51. The lowest BCUT2D eigenvalue weighted by molar-refractivity contribution is -0.131. The number of carbonyl (C=O) groups excluding carboxylic acids is 2. The van der Waals surface area contributed by atoms with E-state index < -0.39 is 15.1 Å². The Labute approximate surface area is 151 Å². The third-order valence-corrected chi connectivity index (χ3v) is 6.26. The molecule has 1 N–H and O–H groups in total. The first-order valence-electron chi connectivity index (χ1n) is 8.18. The van der Waals surface area contributed by atoms with Crippen LogP contribution in [0, 0.1) is 0 Å². The SMILES string of the molecule is O=C(CNC(=O)S(=O)(=O)c1ccc(Cl)cc1)N1CCN(C2CC2)CC1. The largest absolute Gasteiger partial charge is 0.341 e. The molecule has 0 aromatic heterocycles. The Morgan fingerprint density at radius 3 is 2.24 bits per heavy atom. The van der Waals surface area contributed by atoms with E-state index in [1.807, 2.05) is 0 Å². The van der Waals surface area contributed by atoms with Crippen LogP contribution in [0.3, 0.4) is 0 Å². The molecule has 2 aliphatic rings. The van der Waals surface area contributed by atoms with E-state index in [-0.39, 0.29) is 17.3 Å². The number of hydrogen-bond donors (Lipinski definition) is 1. The molecule has 7 nitrogen and oxygen atoms in total. The van der Waals surface area contributed by atoms with E-state index >= 15 is 0 Å². The molecule has 9 heteroatoms. The number of rotatable bonds is 4. The topological polar surface area (TPSA) is 86.8 Å². The van der Waals surface area contributed by atoms with Crippen molar-refractivity contribution in [3.63, 3.8) is 0 Å². The zero-order valence-electron chi connectivity index (χ0n) is 13.7. The van der Waals surface area contributed by atoms with Gasteiger partial charge in [0.15, 0.2) is 0 Å². The van der Waals surface area contributed by atoms with Crippen molar-refractivity contribution in [3.8, 4) is 0 Å². The van der Waals surface area contributed by atoms with Crippen molar-refractivity contribution >= 4 is 32.6 Å². The maximum Gasteiger partial charge on any atom is 0.341 e. The first-order chi connectivity index (χ1) is 11.9. The van der Waals surface area contributed by atoms with Crippen molar-refractivity contribution in [1.29, 1.82) is 0 Å². The number of amides is 2. The average molecular weight is 386 g/mol. The lowest BCUT2D eigenvalue weighted by atomic mass is 10.3. The summed E-state index contributed by atoms with van der Waals surface area (Å²) in [6.45, 7) is 2.54. The van der Waals surface area contributed by atoms with Gasteiger partial charge in [-0.1, -0.05) is 11.6 Å². The van der Waals surface area contributed by atoms with Crippen LogP contribution in [-0.2, 0) is 14.6 Å². The number of piperazine rings is 1. The van der Waals surface area contributed by atoms with Crippen LogP contribution in [0.5, 0.6) is 0 Å². The third-order valence-electron chi connectivity index (χ3n) is 4.48. The van der Waals surface area contributed by atoms with Gasteiger partial charge in [-0.25, -0.2) is 8.42 Å². The molecule has 0 atom stereocenters. The molecule has 1 aromatic rings. The number of sulfone groups is 1. The Hall–Kier alpha value is -1.64. The van der Waals surface area contributed by atoms with Gasteiger partial charge in [0.1, 0.15) is 0 Å². The van der Waals surface area contributed by atoms with Gasteiger partial charge in [0.25, 0.3) is 9.84 Å². The smallest absolute Gasteiger partial charge is 0.339 e. The molecule has 1 aliphatic carbocycles. The first kappa shape index (κ1) is 18.2. The van der Waals surface area contributed by atoms with Crippen LogP contribution >= 0.6 is 11.6 Å². The molecular weight excluding hydrogens is 366 g/mol. The molecule has 136 valence electrons. The fourth-order valence-corrected chi connectivity index (χ4v) is 3.95. The van der Waals surface area contributed by atoms with Crippen LogP contribution in [0.4, 0.5) is 4.79 Å². The monoisotopic (exact) mass is 385 g/mol. The molecular formula is C16H20ClN3O4S. The van der Waals surface area contributed by atoms with Crippen molar-refractivity contribution < 1.29 is 18.0 Å². The number of carbonyl (C=O) groups is 2. The van der Waals surface area contributed by atoms with Crippen molar-refractivity contribution in [2.75, 3.05) is 32.7 Å². The molecule has 1 heterocycles. The fraction of sp³-hybridized carbons (Fsp3) is 0.500. The van der Waals surface area contributed by atoms with Gasteiger partial charge in [0.05, 0.1) is 11.4 Å². The molecule has 3 rings (SSSR count). The minimum Gasteiger partial charge on any atom is -0.339 e. The number of hydrogen-bond acceptors (Lipinski definition) is 5. The second-order valence-corrected chi connectivity index (χ2v) is 8.53. The second-order valence-electron chi connectivity index (χ2n) is 6.25. The molecule has 0 spiro atoms. The van der Waals surface area contributed by atoms with Crippen LogP contribution in [0.1, 0.15) is 12.8 Å². The molecule has 1 aromatic carbocycles. The van der Waals surface area contributed by atoms with E-state index in [9.17, 15) is 18.0 Å². The standard InChI is InChI=1S/C16H20ClN3O4S/c17-12-1-5-14(6-2-12)25(23,24)16(22)18-11-15(21)20-9-7-19(8-10-20)13-3-4-13/h1-2,5-6,13H,3-4,7-11H2,(H,18,22). The van der Waals surface area contributed by atoms with Crippen LogP contribution in [0.15, 0.2) is 29.2 Å². The minimum absolute atomic E-state index is 0.153. The van der Waals surface area contributed by atoms with E-state index in [0.29, 0.717) is 24.2 Å². The highest BCUT2D eigenvalue weighted by Gasteiger charge is 2.32. The molecule has 2 fully saturated rings. The van der Waals surface area contributed by atoms with E-state index in [1.54, 1.807) is 4.90 Å². The minimum atomic E-state index is -4.18. The van der Waals surface area contributed by atoms with Gasteiger partial charge < -0.3 is 10.2 Å². The van der Waals surface area contributed by atoms with Crippen molar-refractivity contribution in [2.45, 2.75) is 23.8 Å². The predicted molar refractivity (Wildman–Crippen MR) is 93.2 cm³/mol. The van der Waals surface area contributed by atoms with Crippen LogP contribution in [0.2, 0.25) is 5.02 Å². The molecule has 0 radical (unpaired) electrons. The highest BCUT2D eigenvalue weighted by molar-refractivity contribution is 8.06. The van der Waals surface area contributed by atoms with Crippen molar-refractivity contribution in [1.82, 2.24) is 15.1 Å². The third kappa shape index (κ3) is 4.31. The summed E-state index contributed by atoms with van der Waals surface area (Å²) in [6.07, 6.45) is 2.46. The van der Waals surface area contributed by atoms with Crippen molar-refractivity contribution in [3.05, 3.63) is 29.3 Å². The van der Waals surface area contributed by atoms with Crippen LogP contribution in [-0.4, -0.2) is 68.1 Å². The molecule has 25 heavy (non-hydrogen) atoms. The second kappa shape index (κ2) is 7.31. The fourth-order valence-electron chi connectivity index (χ4n) is 2.85.